The lowest BCUT2D eigenvalue weighted by atomic mass is 10.1. The maximum Gasteiger partial charge on any atom is 0.514 e. The molecule has 3 aromatic rings. The van der Waals surface area contributed by atoms with E-state index in [1.807, 2.05) is 22.6 Å². The molecule has 0 fully saturated rings. The molecule has 0 bridgehead atoms. The van der Waals surface area contributed by atoms with Crippen LogP contribution in [0, 0.1) is 0 Å². The Morgan fingerprint density at radius 3 is 2.53 bits per heavy atom. The minimum Gasteiger partial charge on any atom is -0.423 e. The van der Waals surface area contributed by atoms with Crippen molar-refractivity contribution in [3.63, 3.8) is 0 Å². The molecule has 7 nitrogen and oxygen atoms in total. The second-order valence-electron chi connectivity index (χ2n) is 5.76. The number of carbonyl (C=O) groups excluding carboxylic acids is 1. The Labute approximate surface area is 185 Å². The molecule has 0 saturated heterocycles. The average Bonchev–Trinajstić information content (AvgIpc) is 3.04. The monoisotopic (exact) mass is 554 g/mol. The van der Waals surface area contributed by atoms with E-state index in [-0.39, 0.29) is 28.4 Å². The minimum atomic E-state index is -4.49. The van der Waals surface area contributed by atoms with E-state index in [0.717, 1.165) is 28.9 Å². The van der Waals surface area contributed by atoms with Gasteiger partial charge in [-0.15, -0.1) is 5.10 Å². The predicted octanol–water partition coefficient (Wildman–Crippen LogP) is 5.13. The molecule has 0 amide bonds. The summed E-state index contributed by atoms with van der Waals surface area (Å²) in [6.45, 7) is -0.170. The van der Waals surface area contributed by atoms with Gasteiger partial charge in [-0.2, -0.15) is 17.9 Å². The van der Waals surface area contributed by atoms with E-state index in [0.29, 0.717) is 10.6 Å². The number of rotatable bonds is 5. The summed E-state index contributed by atoms with van der Waals surface area (Å²) in [5.41, 5.74) is -0.318. The number of nitrogens with zero attached hydrogens (tertiary/aromatic N) is 2. The van der Waals surface area contributed by atoms with E-state index < -0.39 is 23.7 Å². The van der Waals surface area contributed by atoms with Crippen LogP contribution in [0.1, 0.15) is 11.1 Å². The zero-order chi connectivity index (χ0) is 21.9. The van der Waals surface area contributed by atoms with Crippen molar-refractivity contribution in [2.45, 2.75) is 12.7 Å². The number of alkyl halides is 4. The summed E-state index contributed by atoms with van der Waals surface area (Å²) < 4.78 is 53.9. The molecular formula is C18H11ClF3IN2O5. The Morgan fingerprint density at radius 1 is 1.20 bits per heavy atom. The van der Waals surface area contributed by atoms with Crippen molar-refractivity contribution in [2.75, 3.05) is 4.61 Å². The topological polar surface area (TPSA) is 83.6 Å². The molecule has 0 atom stereocenters. The molecular weight excluding hydrogens is 544 g/mol. The Balaban J connectivity index is 1.87. The van der Waals surface area contributed by atoms with Crippen LogP contribution in [0.3, 0.4) is 0 Å². The molecule has 3 rings (SSSR count). The quantitative estimate of drug-likeness (QED) is 0.188. The second kappa shape index (κ2) is 9.08. The number of benzene rings is 2. The zero-order valence-corrected chi connectivity index (χ0v) is 17.7. The van der Waals surface area contributed by atoms with Crippen molar-refractivity contribution < 1.29 is 31.9 Å². The summed E-state index contributed by atoms with van der Waals surface area (Å²) in [6.07, 6.45) is -5.42. The number of ether oxygens (including phenoxy) is 2. The fourth-order valence-corrected chi connectivity index (χ4v) is 2.87. The van der Waals surface area contributed by atoms with E-state index >= 15 is 0 Å². The molecule has 158 valence electrons. The average molecular weight is 555 g/mol. The standard InChI is InChI=1S/C18H11ClF3IN2O5/c19-13-5-6-14(29-17(27)28-9-23)11(7-13)8-25-16(26)30-15(24-25)10-1-3-12(4-2-10)18(20,21)22/h1-7H,8-9H2. The van der Waals surface area contributed by atoms with Crippen molar-refractivity contribution in [3.8, 4) is 17.2 Å². The fourth-order valence-electron chi connectivity index (χ4n) is 2.42. The first kappa shape index (κ1) is 22.2. The van der Waals surface area contributed by atoms with Gasteiger partial charge in [-0.25, -0.2) is 9.59 Å². The fraction of sp³-hybridized carbons (Fsp3) is 0.167. The van der Waals surface area contributed by atoms with E-state index in [9.17, 15) is 22.8 Å². The smallest absolute Gasteiger partial charge is 0.423 e. The van der Waals surface area contributed by atoms with Crippen molar-refractivity contribution >= 4 is 40.3 Å². The molecule has 1 aromatic heterocycles. The molecule has 0 saturated carbocycles. The van der Waals surface area contributed by atoms with E-state index in [4.69, 9.17) is 25.5 Å². The first-order valence-corrected chi connectivity index (χ1v) is 10.0. The van der Waals surface area contributed by atoms with Gasteiger partial charge in [-0.3, -0.25) is 0 Å². The summed E-state index contributed by atoms with van der Waals surface area (Å²) in [6, 6.07) is 8.38. The van der Waals surface area contributed by atoms with Crippen LogP contribution >= 0.6 is 34.2 Å². The highest BCUT2D eigenvalue weighted by molar-refractivity contribution is 14.1. The first-order valence-electron chi connectivity index (χ1n) is 8.12. The van der Waals surface area contributed by atoms with E-state index in [2.05, 4.69) is 5.10 Å². The molecule has 0 aliphatic heterocycles. The number of halogens is 5. The van der Waals surface area contributed by atoms with Crippen LogP contribution in [0.2, 0.25) is 5.02 Å². The highest BCUT2D eigenvalue weighted by Gasteiger charge is 2.30. The van der Waals surface area contributed by atoms with E-state index in [1.165, 1.54) is 18.2 Å². The van der Waals surface area contributed by atoms with Gasteiger partial charge >= 0.3 is 18.1 Å². The summed E-state index contributed by atoms with van der Waals surface area (Å²) in [4.78, 5) is 23.7. The molecule has 2 aromatic carbocycles. The molecule has 30 heavy (non-hydrogen) atoms. The largest absolute Gasteiger partial charge is 0.514 e. The van der Waals surface area contributed by atoms with Crippen molar-refractivity contribution in [1.29, 1.82) is 0 Å². The third kappa shape index (κ3) is 5.33. The van der Waals surface area contributed by atoms with Crippen LogP contribution in [0.25, 0.3) is 11.5 Å². The number of carbonyl (C=O) groups is 1. The lowest BCUT2D eigenvalue weighted by Gasteiger charge is -2.09. The normalized spacial score (nSPS) is 11.4. The highest BCUT2D eigenvalue weighted by atomic mass is 127. The Bertz CT molecular complexity index is 1110. The molecule has 0 aliphatic carbocycles. The van der Waals surface area contributed by atoms with Crippen LogP contribution in [-0.4, -0.2) is 20.5 Å². The third-order valence-electron chi connectivity index (χ3n) is 3.77. The molecule has 1 heterocycles. The highest BCUT2D eigenvalue weighted by Crippen LogP contribution is 2.30. The molecule has 12 heteroatoms. The lowest BCUT2D eigenvalue weighted by Crippen LogP contribution is -2.18. The number of hydrogen-bond donors (Lipinski definition) is 0. The van der Waals surface area contributed by atoms with Crippen LogP contribution in [-0.2, 0) is 17.5 Å². The van der Waals surface area contributed by atoms with Crippen LogP contribution in [0.5, 0.6) is 5.75 Å². The maximum atomic E-state index is 12.7. The maximum absolute atomic E-state index is 12.7. The summed E-state index contributed by atoms with van der Waals surface area (Å²) in [5, 5.41) is 4.31. The first-order chi connectivity index (χ1) is 14.2. The second-order valence-corrected chi connectivity index (χ2v) is 6.82. The van der Waals surface area contributed by atoms with Crippen molar-refractivity contribution in [2.24, 2.45) is 0 Å². The van der Waals surface area contributed by atoms with Gasteiger partial charge in [0.25, 0.3) is 0 Å². The van der Waals surface area contributed by atoms with E-state index in [1.54, 1.807) is 0 Å². The number of aromatic nitrogens is 2. The van der Waals surface area contributed by atoms with Crippen LogP contribution in [0.4, 0.5) is 18.0 Å². The summed E-state index contributed by atoms with van der Waals surface area (Å²) in [7, 11) is 0. The van der Waals surface area contributed by atoms with Gasteiger partial charge in [0.15, 0.2) is 0 Å². The molecule has 0 spiro atoms. The van der Waals surface area contributed by atoms with Gasteiger partial charge in [0.1, 0.15) is 10.4 Å². The van der Waals surface area contributed by atoms with Crippen LogP contribution < -0.4 is 10.5 Å². The Kier molecular flexibility index (Phi) is 6.71. The minimum absolute atomic E-state index is 0.0821. The Hall–Kier alpha value is -2.54. The van der Waals surface area contributed by atoms with Crippen LogP contribution in [0.15, 0.2) is 51.7 Å². The predicted molar refractivity (Wildman–Crippen MR) is 108 cm³/mol. The van der Waals surface area contributed by atoms with Gasteiger partial charge in [0.05, 0.1) is 12.1 Å². The SMILES string of the molecule is O=C(OCI)Oc1ccc(Cl)cc1Cn1nc(-c2ccc(C(F)(F)F)cc2)oc1=O. The zero-order valence-electron chi connectivity index (χ0n) is 14.8. The molecule has 0 unspecified atom stereocenters. The number of hydrogen-bond acceptors (Lipinski definition) is 6. The van der Waals surface area contributed by atoms with Gasteiger partial charge in [0, 0.05) is 16.1 Å². The Morgan fingerprint density at radius 2 is 1.90 bits per heavy atom. The summed E-state index contributed by atoms with van der Waals surface area (Å²) in [5.74, 6) is -0.923. The van der Waals surface area contributed by atoms with Gasteiger partial charge in [-0.05, 0) is 65.1 Å². The van der Waals surface area contributed by atoms with Gasteiger partial charge in [0.2, 0.25) is 5.89 Å². The van der Waals surface area contributed by atoms with Crippen molar-refractivity contribution in [3.05, 3.63) is 69.2 Å². The molecule has 0 aliphatic rings. The molecule has 0 N–H and O–H groups in total. The van der Waals surface area contributed by atoms with Gasteiger partial charge < -0.3 is 13.9 Å². The van der Waals surface area contributed by atoms with Gasteiger partial charge in [-0.1, -0.05) is 11.6 Å². The third-order valence-corrected chi connectivity index (χ3v) is 4.32. The summed E-state index contributed by atoms with van der Waals surface area (Å²) >= 11 is 7.80. The lowest BCUT2D eigenvalue weighted by molar-refractivity contribution is -0.137. The van der Waals surface area contributed by atoms with Crippen molar-refractivity contribution in [1.82, 2.24) is 9.78 Å². The molecule has 0 radical (unpaired) electrons.